The first-order chi connectivity index (χ1) is 7.76. The smallest absolute Gasteiger partial charge is 0.178 e. The molecule has 1 N–H and O–H groups in total. The zero-order chi connectivity index (χ0) is 11.5. The Balaban J connectivity index is 2.52. The van der Waals surface area contributed by atoms with Crippen LogP contribution in [-0.2, 0) is 6.54 Å². The quantitative estimate of drug-likeness (QED) is 0.850. The van der Waals surface area contributed by atoms with Crippen LogP contribution in [0.25, 0.3) is 11.0 Å². The maximum atomic E-state index is 5.30. The van der Waals surface area contributed by atoms with Crippen LogP contribution in [0.1, 0.15) is 0 Å². The lowest BCUT2D eigenvalue weighted by Crippen LogP contribution is -2.00. The Kier molecular flexibility index (Phi) is 3.56. The van der Waals surface area contributed by atoms with Crippen molar-refractivity contribution in [1.82, 2.24) is 9.55 Å². The van der Waals surface area contributed by atoms with Crippen molar-refractivity contribution in [2.24, 2.45) is 0 Å². The molecule has 0 saturated heterocycles. The van der Waals surface area contributed by atoms with Gasteiger partial charge in [-0.05, 0) is 30.6 Å². The molecule has 0 saturated carbocycles. The lowest BCUT2D eigenvalue weighted by Gasteiger charge is -2.04. The summed E-state index contributed by atoms with van der Waals surface area (Å²) in [7, 11) is 1.68. The molecule has 0 aliphatic heterocycles. The molecule has 0 aliphatic carbocycles. The Hall–Kier alpha value is -0.940. The molecule has 0 bridgehead atoms. The van der Waals surface area contributed by atoms with Crippen molar-refractivity contribution in [3.8, 4) is 5.75 Å². The molecule has 0 aliphatic rings. The van der Waals surface area contributed by atoms with E-state index < -0.39 is 0 Å². The number of aromatic nitrogens is 2. The number of rotatable bonds is 4. The van der Waals surface area contributed by atoms with Crippen LogP contribution in [-0.4, -0.2) is 28.7 Å². The van der Waals surface area contributed by atoms with Crippen LogP contribution < -0.4 is 4.74 Å². The van der Waals surface area contributed by atoms with Crippen LogP contribution >= 0.6 is 24.0 Å². The predicted octanol–water partition coefficient (Wildman–Crippen LogP) is 3.07. The molecule has 86 valence electrons. The number of imidazole rings is 1. The molecule has 1 aromatic heterocycles. The first kappa shape index (κ1) is 11.5. The zero-order valence-corrected chi connectivity index (χ0v) is 11.0. The molecule has 0 atom stereocenters. The summed E-state index contributed by atoms with van der Waals surface area (Å²) in [6.07, 6.45) is 2.10. The number of aryl methyl sites for hydroxylation is 1. The maximum absolute atomic E-state index is 5.30. The summed E-state index contributed by atoms with van der Waals surface area (Å²) < 4.78 is 8.11. The van der Waals surface area contributed by atoms with E-state index in [1.54, 1.807) is 7.11 Å². The second-order valence-corrected chi connectivity index (χ2v) is 4.83. The first-order valence-electron chi connectivity index (χ1n) is 5.01. The van der Waals surface area contributed by atoms with Crippen molar-refractivity contribution in [2.45, 2.75) is 6.54 Å². The Morgan fingerprint density at radius 1 is 1.50 bits per heavy atom. The van der Waals surface area contributed by atoms with Crippen molar-refractivity contribution in [1.29, 1.82) is 0 Å². The van der Waals surface area contributed by atoms with Gasteiger partial charge in [0.2, 0.25) is 0 Å². The molecule has 0 radical (unpaired) electrons. The molecule has 0 fully saturated rings. The van der Waals surface area contributed by atoms with Gasteiger partial charge in [0.1, 0.15) is 5.75 Å². The molecular formula is C11H14N2OS2. The second-order valence-electron chi connectivity index (χ2n) is 3.46. The summed E-state index contributed by atoms with van der Waals surface area (Å²) in [5, 5.41) is 0. The summed E-state index contributed by atoms with van der Waals surface area (Å²) in [6.45, 7) is 0.924. The van der Waals surface area contributed by atoms with Gasteiger partial charge in [-0.1, -0.05) is 0 Å². The Morgan fingerprint density at radius 3 is 3.00 bits per heavy atom. The largest absolute Gasteiger partial charge is 0.497 e. The molecule has 0 spiro atoms. The van der Waals surface area contributed by atoms with Crippen LogP contribution in [0.3, 0.4) is 0 Å². The van der Waals surface area contributed by atoms with Crippen LogP contribution in [0.4, 0.5) is 0 Å². The number of methoxy groups -OCH3 is 1. The molecule has 1 heterocycles. The van der Waals surface area contributed by atoms with Gasteiger partial charge >= 0.3 is 0 Å². The average molecular weight is 254 g/mol. The van der Waals surface area contributed by atoms with Crippen molar-refractivity contribution >= 4 is 35.0 Å². The average Bonchev–Trinajstić information content (AvgIpc) is 2.61. The van der Waals surface area contributed by atoms with Gasteiger partial charge in [-0.2, -0.15) is 11.8 Å². The summed E-state index contributed by atoms with van der Waals surface area (Å²) >= 11 is 7.12. The van der Waals surface area contributed by atoms with Gasteiger partial charge in [0, 0.05) is 18.4 Å². The van der Waals surface area contributed by atoms with E-state index in [0.29, 0.717) is 0 Å². The van der Waals surface area contributed by atoms with Gasteiger partial charge in [0.15, 0.2) is 4.77 Å². The molecule has 1 aromatic carbocycles. The van der Waals surface area contributed by atoms with Crippen molar-refractivity contribution in [2.75, 3.05) is 19.1 Å². The number of fused-ring (bicyclic) bond motifs is 1. The van der Waals surface area contributed by atoms with Crippen molar-refractivity contribution in [3.05, 3.63) is 23.0 Å². The molecular weight excluding hydrogens is 240 g/mol. The van der Waals surface area contributed by atoms with Crippen molar-refractivity contribution in [3.63, 3.8) is 0 Å². The lowest BCUT2D eigenvalue weighted by molar-refractivity contribution is 0.415. The lowest BCUT2D eigenvalue weighted by atomic mass is 10.3. The Labute approximate surface area is 104 Å². The topological polar surface area (TPSA) is 29.9 Å². The molecule has 3 nitrogen and oxygen atoms in total. The van der Waals surface area contributed by atoms with Crippen LogP contribution in [0.5, 0.6) is 5.75 Å². The van der Waals surface area contributed by atoms with E-state index in [0.717, 1.165) is 33.9 Å². The van der Waals surface area contributed by atoms with Crippen LogP contribution in [0.2, 0.25) is 0 Å². The van der Waals surface area contributed by atoms with Gasteiger partial charge < -0.3 is 14.3 Å². The molecule has 16 heavy (non-hydrogen) atoms. The highest BCUT2D eigenvalue weighted by Crippen LogP contribution is 2.20. The second kappa shape index (κ2) is 4.93. The molecule has 2 aromatic rings. The van der Waals surface area contributed by atoms with E-state index in [1.165, 1.54) is 0 Å². The Morgan fingerprint density at radius 2 is 2.31 bits per heavy atom. The van der Waals surface area contributed by atoms with E-state index in [1.807, 2.05) is 30.0 Å². The van der Waals surface area contributed by atoms with Gasteiger partial charge in [0.05, 0.1) is 18.1 Å². The molecule has 0 amide bonds. The minimum atomic E-state index is 0.775. The summed E-state index contributed by atoms with van der Waals surface area (Å²) in [6, 6.07) is 5.95. The fraction of sp³-hybridized carbons (Fsp3) is 0.364. The minimum absolute atomic E-state index is 0.775. The Bertz CT molecular complexity index is 544. The minimum Gasteiger partial charge on any atom is -0.497 e. The van der Waals surface area contributed by atoms with E-state index in [2.05, 4.69) is 15.8 Å². The highest BCUT2D eigenvalue weighted by Gasteiger charge is 2.05. The number of benzene rings is 1. The van der Waals surface area contributed by atoms with Crippen molar-refractivity contribution < 1.29 is 4.74 Å². The van der Waals surface area contributed by atoms with Crippen LogP contribution in [0, 0.1) is 4.77 Å². The highest BCUT2D eigenvalue weighted by atomic mass is 32.2. The number of hydrogen-bond donors (Lipinski definition) is 1. The van der Waals surface area contributed by atoms with Gasteiger partial charge in [-0.25, -0.2) is 0 Å². The fourth-order valence-corrected chi connectivity index (χ4v) is 2.33. The predicted molar refractivity (Wildman–Crippen MR) is 72.1 cm³/mol. The number of ether oxygens (including phenoxy) is 1. The van der Waals surface area contributed by atoms with Gasteiger partial charge in [0.25, 0.3) is 0 Å². The van der Waals surface area contributed by atoms with E-state index in [4.69, 9.17) is 17.0 Å². The monoisotopic (exact) mass is 254 g/mol. The zero-order valence-electron chi connectivity index (χ0n) is 9.32. The number of hydrogen-bond acceptors (Lipinski definition) is 3. The van der Waals surface area contributed by atoms with E-state index in [-0.39, 0.29) is 0 Å². The third-order valence-electron chi connectivity index (χ3n) is 2.50. The van der Waals surface area contributed by atoms with Gasteiger partial charge in [-0.15, -0.1) is 0 Å². The molecule has 2 rings (SSSR count). The normalized spacial score (nSPS) is 10.9. The van der Waals surface area contributed by atoms with E-state index >= 15 is 0 Å². The number of thioether (sulfide) groups is 1. The van der Waals surface area contributed by atoms with Crippen LogP contribution in [0.15, 0.2) is 18.2 Å². The third-order valence-corrected chi connectivity index (χ3v) is 3.41. The molecule has 0 unspecified atom stereocenters. The molecule has 5 heteroatoms. The third kappa shape index (κ3) is 2.10. The first-order valence-corrected chi connectivity index (χ1v) is 6.82. The van der Waals surface area contributed by atoms with E-state index in [9.17, 15) is 0 Å². The number of aromatic amines is 1. The standard InChI is InChI=1S/C11H14N2OS2/c1-14-8-3-4-9-10(7-8)13(5-6-16-2)11(15)12-9/h3-4,7H,5-6H2,1-2H3,(H,12,15). The number of nitrogens with one attached hydrogen (secondary N) is 1. The number of nitrogens with zero attached hydrogens (tertiary/aromatic N) is 1. The summed E-state index contributed by atoms with van der Waals surface area (Å²) in [4.78, 5) is 3.20. The maximum Gasteiger partial charge on any atom is 0.178 e. The number of H-pyrrole nitrogens is 1. The summed E-state index contributed by atoms with van der Waals surface area (Å²) in [5.74, 6) is 1.91. The van der Waals surface area contributed by atoms with Gasteiger partial charge in [-0.3, -0.25) is 0 Å². The summed E-state index contributed by atoms with van der Waals surface area (Å²) in [5.41, 5.74) is 2.17. The fourth-order valence-electron chi connectivity index (χ4n) is 1.66. The highest BCUT2D eigenvalue weighted by molar-refractivity contribution is 7.98. The SMILES string of the molecule is COc1ccc2[nH]c(=S)n(CCSC)c2c1.